The van der Waals surface area contributed by atoms with E-state index < -0.39 is 11.8 Å². The molecule has 0 saturated heterocycles. The van der Waals surface area contributed by atoms with Crippen LogP contribution in [-0.4, -0.2) is 26.2 Å². The Hall–Kier alpha value is -2.31. The summed E-state index contributed by atoms with van der Waals surface area (Å²) in [6.07, 6.45) is 0.870. The lowest BCUT2D eigenvalue weighted by Crippen LogP contribution is -2.12. The van der Waals surface area contributed by atoms with Crippen molar-refractivity contribution in [2.24, 2.45) is 0 Å². The van der Waals surface area contributed by atoms with E-state index in [9.17, 15) is 9.18 Å². The van der Waals surface area contributed by atoms with Crippen molar-refractivity contribution in [3.63, 3.8) is 0 Å². The second kappa shape index (κ2) is 6.23. The number of carbonyl (C=O) groups excluding carboxylic acids is 1. The predicted octanol–water partition coefficient (Wildman–Crippen LogP) is 1.89. The van der Waals surface area contributed by atoms with E-state index >= 15 is 0 Å². The van der Waals surface area contributed by atoms with Crippen molar-refractivity contribution < 1.29 is 13.9 Å². The first-order valence-corrected chi connectivity index (χ1v) is 6.30. The Morgan fingerprint density at radius 3 is 3.00 bits per heavy atom. The minimum absolute atomic E-state index is 0.0399. The maximum Gasteiger partial charge on any atom is 0.338 e. The van der Waals surface area contributed by atoms with E-state index in [0.29, 0.717) is 17.9 Å². The highest BCUT2D eigenvalue weighted by atomic mass is 19.1. The molecule has 0 aliphatic heterocycles. The molecule has 2 aromatic rings. The van der Waals surface area contributed by atoms with Crippen LogP contribution in [0.4, 0.5) is 4.39 Å². The van der Waals surface area contributed by atoms with Gasteiger partial charge in [0.1, 0.15) is 5.82 Å². The third-order valence-corrected chi connectivity index (χ3v) is 2.79. The van der Waals surface area contributed by atoms with Crippen molar-refractivity contribution in [2.75, 3.05) is 0 Å². The number of nitrogens with zero attached hydrogens (tertiary/aromatic N) is 4. The van der Waals surface area contributed by atoms with E-state index in [1.165, 1.54) is 12.1 Å². The highest BCUT2D eigenvalue weighted by molar-refractivity contribution is 5.90. The van der Waals surface area contributed by atoms with E-state index in [0.717, 1.165) is 12.5 Å². The van der Waals surface area contributed by atoms with Gasteiger partial charge >= 0.3 is 5.97 Å². The first kappa shape index (κ1) is 14.1. The first-order chi connectivity index (χ1) is 9.61. The summed E-state index contributed by atoms with van der Waals surface area (Å²) in [5.41, 5.74) is 0.865. The van der Waals surface area contributed by atoms with Crippen LogP contribution in [0.3, 0.4) is 0 Å². The Morgan fingerprint density at radius 2 is 2.25 bits per heavy atom. The maximum atomic E-state index is 13.1. The summed E-state index contributed by atoms with van der Waals surface area (Å²) in [6.45, 7) is 4.32. The molecule has 0 fully saturated rings. The van der Waals surface area contributed by atoms with Gasteiger partial charge in [-0.3, -0.25) is 0 Å². The maximum absolute atomic E-state index is 13.1. The van der Waals surface area contributed by atoms with Gasteiger partial charge in [0.25, 0.3) is 0 Å². The molecule has 0 atom stereocenters. The molecule has 0 aliphatic rings. The molecular weight excluding hydrogens is 263 g/mol. The molecule has 0 spiro atoms. The van der Waals surface area contributed by atoms with Crippen molar-refractivity contribution in [1.29, 1.82) is 0 Å². The van der Waals surface area contributed by atoms with Crippen LogP contribution in [0.25, 0.3) is 0 Å². The SMILES string of the molecule is CCCn1nnnc1COC(=O)c1cc(F)ccc1C. The predicted molar refractivity (Wildman–Crippen MR) is 68.4 cm³/mol. The standard InChI is InChI=1S/C13H15FN4O2/c1-3-6-18-12(15-16-17-18)8-20-13(19)11-7-10(14)5-4-9(11)2/h4-5,7H,3,6,8H2,1-2H3. The zero-order valence-electron chi connectivity index (χ0n) is 11.3. The summed E-state index contributed by atoms with van der Waals surface area (Å²) in [5, 5.41) is 11.1. The van der Waals surface area contributed by atoms with Crippen LogP contribution in [0.1, 0.15) is 35.1 Å². The number of aromatic nitrogens is 4. The van der Waals surface area contributed by atoms with Gasteiger partial charge in [-0.15, -0.1) is 5.10 Å². The molecule has 0 N–H and O–H groups in total. The number of hydrogen-bond donors (Lipinski definition) is 0. The molecule has 20 heavy (non-hydrogen) atoms. The molecule has 6 nitrogen and oxygen atoms in total. The molecule has 0 bridgehead atoms. The fourth-order valence-electron chi connectivity index (χ4n) is 1.73. The van der Waals surface area contributed by atoms with Crippen LogP contribution >= 0.6 is 0 Å². The number of rotatable bonds is 5. The molecule has 0 aliphatic carbocycles. The van der Waals surface area contributed by atoms with Gasteiger partial charge in [0.2, 0.25) is 0 Å². The normalized spacial score (nSPS) is 10.6. The van der Waals surface area contributed by atoms with E-state index in [1.807, 2.05) is 6.92 Å². The van der Waals surface area contributed by atoms with Crippen molar-refractivity contribution in [1.82, 2.24) is 20.2 Å². The molecule has 7 heteroatoms. The zero-order chi connectivity index (χ0) is 14.5. The number of aryl methyl sites for hydroxylation is 2. The summed E-state index contributed by atoms with van der Waals surface area (Å²) >= 11 is 0. The van der Waals surface area contributed by atoms with Crippen LogP contribution in [-0.2, 0) is 17.9 Å². The quantitative estimate of drug-likeness (QED) is 0.781. The fraction of sp³-hybridized carbons (Fsp3) is 0.385. The number of esters is 1. The second-order valence-corrected chi connectivity index (χ2v) is 4.35. The van der Waals surface area contributed by atoms with E-state index in [1.54, 1.807) is 11.6 Å². The van der Waals surface area contributed by atoms with E-state index in [4.69, 9.17) is 4.74 Å². The average Bonchev–Trinajstić information content (AvgIpc) is 2.87. The van der Waals surface area contributed by atoms with Gasteiger partial charge in [0.15, 0.2) is 12.4 Å². The molecule has 0 radical (unpaired) electrons. The summed E-state index contributed by atoms with van der Waals surface area (Å²) in [4.78, 5) is 11.9. The van der Waals surface area contributed by atoms with Gasteiger partial charge in [0.05, 0.1) is 5.56 Å². The minimum atomic E-state index is -0.590. The Balaban J connectivity index is 2.05. The van der Waals surface area contributed by atoms with Crippen molar-refractivity contribution in [3.8, 4) is 0 Å². The largest absolute Gasteiger partial charge is 0.454 e. The number of tetrazole rings is 1. The van der Waals surface area contributed by atoms with Gasteiger partial charge < -0.3 is 4.74 Å². The molecule has 1 aromatic heterocycles. The molecule has 0 saturated carbocycles. The van der Waals surface area contributed by atoms with Crippen molar-refractivity contribution >= 4 is 5.97 Å². The summed E-state index contributed by atoms with van der Waals surface area (Å²) in [5.74, 6) is -0.597. The van der Waals surface area contributed by atoms with Crippen LogP contribution in [0.15, 0.2) is 18.2 Å². The summed E-state index contributed by atoms with van der Waals surface area (Å²) in [6, 6.07) is 3.99. The number of benzene rings is 1. The lowest BCUT2D eigenvalue weighted by Gasteiger charge is -2.07. The minimum Gasteiger partial charge on any atom is -0.454 e. The second-order valence-electron chi connectivity index (χ2n) is 4.35. The van der Waals surface area contributed by atoms with E-state index in [2.05, 4.69) is 15.5 Å². The van der Waals surface area contributed by atoms with Crippen molar-refractivity contribution in [2.45, 2.75) is 33.4 Å². The molecule has 1 aromatic carbocycles. The van der Waals surface area contributed by atoms with Gasteiger partial charge in [-0.1, -0.05) is 13.0 Å². The summed E-state index contributed by atoms with van der Waals surface area (Å²) < 4.78 is 19.8. The lowest BCUT2D eigenvalue weighted by molar-refractivity contribution is 0.0455. The third kappa shape index (κ3) is 3.17. The van der Waals surface area contributed by atoms with Gasteiger partial charge in [0, 0.05) is 6.54 Å². The van der Waals surface area contributed by atoms with Crippen LogP contribution in [0.2, 0.25) is 0 Å². The molecule has 1 heterocycles. The molecule has 0 amide bonds. The van der Waals surface area contributed by atoms with Gasteiger partial charge in [-0.2, -0.15) is 0 Å². The van der Waals surface area contributed by atoms with Crippen LogP contribution in [0.5, 0.6) is 0 Å². The lowest BCUT2D eigenvalue weighted by atomic mass is 10.1. The Morgan fingerprint density at radius 1 is 1.45 bits per heavy atom. The topological polar surface area (TPSA) is 69.9 Å². The number of carbonyl (C=O) groups is 1. The Bertz CT molecular complexity index is 612. The van der Waals surface area contributed by atoms with Crippen LogP contribution in [0, 0.1) is 12.7 Å². The van der Waals surface area contributed by atoms with Crippen molar-refractivity contribution in [3.05, 3.63) is 41.0 Å². The highest BCUT2D eigenvalue weighted by Gasteiger charge is 2.14. The molecule has 0 unspecified atom stereocenters. The zero-order valence-corrected chi connectivity index (χ0v) is 11.3. The number of halogens is 1. The first-order valence-electron chi connectivity index (χ1n) is 6.30. The van der Waals surface area contributed by atoms with Gasteiger partial charge in [-0.05, 0) is 41.5 Å². The van der Waals surface area contributed by atoms with Crippen LogP contribution < -0.4 is 0 Å². The number of hydrogen-bond acceptors (Lipinski definition) is 5. The average molecular weight is 278 g/mol. The Kier molecular flexibility index (Phi) is 4.39. The molecule has 106 valence electrons. The number of ether oxygens (including phenoxy) is 1. The van der Waals surface area contributed by atoms with E-state index in [-0.39, 0.29) is 12.2 Å². The monoisotopic (exact) mass is 278 g/mol. The highest BCUT2D eigenvalue weighted by Crippen LogP contribution is 2.12. The van der Waals surface area contributed by atoms with Gasteiger partial charge in [-0.25, -0.2) is 13.9 Å². The Labute approximate surface area is 115 Å². The smallest absolute Gasteiger partial charge is 0.338 e. The molecular formula is C13H15FN4O2. The third-order valence-electron chi connectivity index (χ3n) is 2.79. The fourth-order valence-corrected chi connectivity index (χ4v) is 1.73. The molecule has 2 rings (SSSR count). The summed E-state index contributed by atoms with van der Waals surface area (Å²) in [7, 11) is 0.